The molecule has 5 rings (SSSR count). The van der Waals surface area contributed by atoms with E-state index in [0.29, 0.717) is 11.8 Å². The summed E-state index contributed by atoms with van der Waals surface area (Å²) < 4.78 is 0. The largest absolute Gasteiger partial charge is 0.115 e. The van der Waals surface area contributed by atoms with E-state index in [1.54, 1.807) is 0 Å². The van der Waals surface area contributed by atoms with E-state index in [2.05, 4.69) is 116 Å². The first kappa shape index (κ1) is 26.8. The summed E-state index contributed by atoms with van der Waals surface area (Å²) in [6.45, 7) is 6.90. The van der Waals surface area contributed by atoms with Crippen LogP contribution in [0.4, 0.5) is 0 Å². The molecule has 0 N–H and O–H groups in total. The number of aryl methyl sites for hydroxylation is 2. The smallest absolute Gasteiger partial charge is 0.0242 e. The lowest BCUT2D eigenvalue weighted by Gasteiger charge is -2.36. The first-order chi connectivity index (χ1) is 19.1. The highest BCUT2D eigenvalue weighted by atomic mass is 14.3. The van der Waals surface area contributed by atoms with Crippen molar-refractivity contribution in [2.75, 3.05) is 0 Å². The van der Waals surface area contributed by atoms with Gasteiger partial charge in [-0.15, -0.1) is 6.42 Å². The molecule has 4 aromatic rings. The third-order valence-electron chi connectivity index (χ3n) is 8.75. The first-order valence-corrected chi connectivity index (χ1v) is 14.5. The van der Waals surface area contributed by atoms with E-state index >= 15 is 0 Å². The van der Waals surface area contributed by atoms with Gasteiger partial charge in [0.15, 0.2) is 0 Å². The molecule has 0 bridgehead atoms. The van der Waals surface area contributed by atoms with E-state index in [1.165, 1.54) is 64.6 Å². The second-order valence-corrected chi connectivity index (χ2v) is 11.4. The van der Waals surface area contributed by atoms with Crippen LogP contribution in [0.3, 0.4) is 0 Å². The molecule has 1 atom stereocenters. The van der Waals surface area contributed by atoms with Crippen LogP contribution in [0.15, 0.2) is 115 Å². The minimum Gasteiger partial charge on any atom is -0.115 e. The van der Waals surface area contributed by atoms with Crippen LogP contribution in [0, 0.1) is 31.1 Å². The van der Waals surface area contributed by atoms with Crippen molar-refractivity contribution in [3.05, 3.63) is 143 Å². The molecule has 1 aliphatic carbocycles. The molecule has 1 aliphatic rings. The van der Waals surface area contributed by atoms with Gasteiger partial charge in [0.05, 0.1) is 0 Å². The van der Waals surface area contributed by atoms with Crippen LogP contribution in [0.25, 0.3) is 11.1 Å². The average Bonchev–Trinajstić information content (AvgIpc) is 2.99. The fourth-order valence-corrected chi connectivity index (χ4v) is 6.51. The molecule has 0 heteroatoms. The van der Waals surface area contributed by atoms with Gasteiger partial charge in [-0.3, -0.25) is 0 Å². The summed E-state index contributed by atoms with van der Waals surface area (Å²) in [6.07, 6.45) is 13.9. The van der Waals surface area contributed by atoms with Gasteiger partial charge in [0, 0.05) is 11.5 Å². The summed E-state index contributed by atoms with van der Waals surface area (Å²) in [7, 11) is 0. The molecule has 0 radical (unpaired) electrons. The number of hydrogen-bond donors (Lipinski definition) is 0. The normalized spacial score (nSPS) is 17.7. The van der Waals surface area contributed by atoms with Gasteiger partial charge in [-0.1, -0.05) is 109 Å². The molecule has 196 valence electrons. The summed E-state index contributed by atoms with van der Waals surface area (Å²) in [5, 5.41) is 0. The van der Waals surface area contributed by atoms with Gasteiger partial charge in [0.2, 0.25) is 0 Å². The van der Waals surface area contributed by atoms with E-state index in [9.17, 15) is 0 Å². The highest BCUT2D eigenvalue weighted by Gasteiger charge is 2.30. The molecule has 0 spiro atoms. The molecule has 0 saturated heterocycles. The van der Waals surface area contributed by atoms with Crippen molar-refractivity contribution in [3.63, 3.8) is 0 Å². The lowest BCUT2D eigenvalue weighted by atomic mass is 9.69. The third-order valence-corrected chi connectivity index (χ3v) is 8.75. The molecule has 0 heterocycles. The quantitative estimate of drug-likeness (QED) is 0.156. The SMILES string of the molecule is C#Cc1ccc(CC2CCC(C(C(=C)CCc3ccccc3)c3ccc(-c4ccccc4C)cc3)CC2)cc1. The molecule has 0 aliphatic heterocycles. The van der Waals surface area contributed by atoms with E-state index in [4.69, 9.17) is 13.0 Å². The molecular formula is C39H40. The second kappa shape index (κ2) is 12.8. The predicted octanol–water partition coefficient (Wildman–Crippen LogP) is 9.97. The van der Waals surface area contributed by atoms with Crippen molar-refractivity contribution in [2.24, 2.45) is 11.8 Å². The Hall–Kier alpha value is -3.82. The fraction of sp³-hybridized carbons (Fsp3) is 0.282. The van der Waals surface area contributed by atoms with Crippen LogP contribution in [-0.2, 0) is 12.8 Å². The summed E-state index contributed by atoms with van der Waals surface area (Å²) in [4.78, 5) is 0. The number of rotatable bonds is 9. The number of terminal acetylenes is 1. The summed E-state index contributed by atoms with van der Waals surface area (Å²) in [5.41, 5.74) is 10.5. The first-order valence-electron chi connectivity index (χ1n) is 14.5. The Morgan fingerprint density at radius 1 is 0.795 bits per heavy atom. The van der Waals surface area contributed by atoms with Gasteiger partial charge in [-0.25, -0.2) is 0 Å². The minimum atomic E-state index is 0.412. The van der Waals surface area contributed by atoms with Crippen molar-refractivity contribution in [2.45, 2.75) is 57.8 Å². The van der Waals surface area contributed by atoms with Crippen molar-refractivity contribution in [1.29, 1.82) is 0 Å². The zero-order valence-corrected chi connectivity index (χ0v) is 23.3. The number of hydrogen-bond acceptors (Lipinski definition) is 0. The molecule has 1 saturated carbocycles. The maximum atomic E-state index is 5.54. The van der Waals surface area contributed by atoms with E-state index < -0.39 is 0 Å². The zero-order valence-electron chi connectivity index (χ0n) is 23.3. The number of allylic oxidation sites excluding steroid dienone is 1. The fourth-order valence-electron chi connectivity index (χ4n) is 6.51. The molecule has 0 nitrogen and oxygen atoms in total. The van der Waals surface area contributed by atoms with E-state index in [1.807, 2.05) is 0 Å². The van der Waals surface area contributed by atoms with Crippen LogP contribution in [-0.4, -0.2) is 0 Å². The monoisotopic (exact) mass is 508 g/mol. The van der Waals surface area contributed by atoms with E-state index in [-0.39, 0.29) is 0 Å². The zero-order chi connectivity index (χ0) is 27.0. The third kappa shape index (κ3) is 6.79. The Labute approximate surface area is 235 Å². The van der Waals surface area contributed by atoms with Crippen molar-refractivity contribution in [3.8, 4) is 23.5 Å². The van der Waals surface area contributed by atoms with Crippen LogP contribution < -0.4 is 0 Å². The predicted molar refractivity (Wildman–Crippen MR) is 167 cm³/mol. The van der Waals surface area contributed by atoms with Crippen molar-refractivity contribution >= 4 is 0 Å². The highest BCUT2D eigenvalue weighted by molar-refractivity contribution is 5.67. The van der Waals surface area contributed by atoms with Gasteiger partial charge < -0.3 is 0 Å². The lowest BCUT2D eigenvalue weighted by Crippen LogP contribution is -2.23. The van der Waals surface area contributed by atoms with Crippen LogP contribution in [0.2, 0.25) is 0 Å². The Kier molecular flexibility index (Phi) is 8.80. The maximum Gasteiger partial charge on any atom is 0.0242 e. The van der Waals surface area contributed by atoms with Gasteiger partial charge in [0.25, 0.3) is 0 Å². The Balaban J connectivity index is 1.31. The molecule has 1 unspecified atom stereocenters. The van der Waals surface area contributed by atoms with Gasteiger partial charge in [-0.2, -0.15) is 0 Å². The Morgan fingerprint density at radius 2 is 1.46 bits per heavy atom. The molecule has 4 aromatic carbocycles. The Bertz CT molecular complexity index is 1390. The molecular weight excluding hydrogens is 468 g/mol. The maximum absolute atomic E-state index is 5.54. The highest BCUT2D eigenvalue weighted by Crippen LogP contribution is 2.44. The molecule has 39 heavy (non-hydrogen) atoms. The van der Waals surface area contributed by atoms with Gasteiger partial charge in [-0.05, 0) is 109 Å². The van der Waals surface area contributed by atoms with Crippen molar-refractivity contribution in [1.82, 2.24) is 0 Å². The van der Waals surface area contributed by atoms with E-state index in [0.717, 1.165) is 30.7 Å². The topological polar surface area (TPSA) is 0 Å². The summed E-state index contributed by atoms with van der Waals surface area (Å²) in [5.74, 6) is 4.54. The standard InChI is InChI=1S/C39H40/c1-4-31-16-18-33(19-17-31)28-34-20-22-36(23-21-34)39(30(3)14-15-32-11-6-5-7-12-32)37-26-24-35(25-27-37)38-13-9-8-10-29(38)2/h1,5-13,16-19,24-27,34,36,39H,3,14-15,20-23,28H2,2H3. The second-order valence-electron chi connectivity index (χ2n) is 11.4. The summed E-state index contributed by atoms with van der Waals surface area (Å²) in [6, 6.07) is 37.5. The molecule has 0 amide bonds. The average molecular weight is 509 g/mol. The summed E-state index contributed by atoms with van der Waals surface area (Å²) >= 11 is 0. The van der Waals surface area contributed by atoms with Crippen molar-refractivity contribution < 1.29 is 0 Å². The minimum absolute atomic E-state index is 0.412. The van der Waals surface area contributed by atoms with Gasteiger partial charge in [0.1, 0.15) is 0 Å². The number of benzene rings is 4. The van der Waals surface area contributed by atoms with Crippen LogP contribution >= 0.6 is 0 Å². The van der Waals surface area contributed by atoms with Gasteiger partial charge >= 0.3 is 0 Å². The molecule has 0 aromatic heterocycles. The van der Waals surface area contributed by atoms with Crippen LogP contribution in [0.5, 0.6) is 0 Å². The molecule has 1 fully saturated rings. The lowest BCUT2D eigenvalue weighted by molar-refractivity contribution is 0.252. The van der Waals surface area contributed by atoms with Crippen LogP contribution in [0.1, 0.15) is 65.8 Å². The Morgan fingerprint density at radius 3 is 2.13 bits per heavy atom.